The molecule has 6 heteroatoms. The first-order valence-corrected chi connectivity index (χ1v) is 7.79. The number of nitrogens with zero attached hydrogens (tertiary/aromatic N) is 3. The molecule has 6 nitrogen and oxygen atoms in total. The van der Waals surface area contributed by atoms with E-state index in [9.17, 15) is 4.79 Å². The van der Waals surface area contributed by atoms with Crippen molar-refractivity contribution in [3.05, 3.63) is 11.3 Å². The van der Waals surface area contributed by atoms with Crippen LogP contribution in [0.5, 0.6) is 0 Å². The highest BCUT2D eigenvalue weighted by Gasteiger charge is 2.25. The highest BCUT2D eigenvalue weighted by atomic mass is 16.1. The summed E-state index contributed by atoms with van der Waals surface area (Å²) in [5.41, 5.74) is 7.68. The van der Waals surface area contributed by atoms with Crippen LogP contribution in [-0.4, -0.2) is 35.3 Å². The van der Waals surface area contributed by atoms with Crippen molar-refractivity contribution in [2.75, 3.05) is 24.5 Å². The number of nitrogens with one attached hydrogen (secondary N) is 1. The molecule has 0 atom stereocenters. The Labute approximate surface area is 126 Å². The Hall–Kier alpha value is -1.56. The van der Waals surface area contributed by atoms with E-state index >= 15 is 0 Å². The molecule has 0 spiro atoms. The van der Waals surface area contributed by atoms with Crippen LogP contribution in [0.25, 0.3) is 0 Å². The van der Waals surface area contributed by atoms with E-state index < -0.39 is 0 Å². The molecular formula is C15H27N5O. The Morgan fingerprint density at radius 1 is 1.43 bits per heavy atom. The van der Waals surface area contributed by atoms with Gasteiger partial charge in [-0.25, -0.2) is 0 Å². The fourth-order valence-electron chi connectivity index (χ4n) is 3.18. The molecule has 3 N–H and O–H groups in total. The van der Waals surface area contributed by atoms with Gasteiger partial charge in [0, 0.05) is 38.7 Å². The first-order valence-electron chi connectivity index (χ1n) is 7.79. The van der Waals surface area contributed by atoms with E-state index in [-0.39, 0.29) is 5.91 Å². The molecule has 1 saturated heterocycles. The number of anilines is 1. The summed E-state index contributed by atoms with van der Waals surface area (Å²) in [6, 6.07) is 0. The van der Waals surface area contributed by atoms with Crippen LogP contribution in [0.1, 0.15) is 37.4 Å². The summed E-state index contributed by atoms with van der Waals surface area (Å²) in [6.45, 7) is 7.92. The topological polar surface area (TPSA) is 76.2 Å². The SMILES string of the molecule is CCNCc1c(C)nn(C)c1N1CCC(CC(N)=O)CC1. The second kappa shape index (κ2) is 6.93. The number of amides is 1. The van der Waals surface area contributed by atoms with Gasteiger partial charge in [-0.15, -0.1) is 0 Å². The van der Waals surface area contributed by atoms with Gasteiger partial charge >= 0.3 is 0 Å². The Bertz CT molecular complexity index is 488. The predicted octanol–water partition coefficient (Wildman–Crippen LogP) is 0.930. The minimum absolute atomic E-state index is 0.183. The Kier molecular flexibility index (Phi) is 5.22. The molecule has 2 rings (SSSR count). The van der Waals surface area contributed by atoms with Gasteiger partial charge in [-0.1, -0.05) is 6.92 Å². The summed E-state index contributed by atoms with van der Waals surface area (Å²) in [4.78, 5) is 13.4. The van der Waals surface area contributed by atoms with Crippen molar-refractivity contribution in [2.45, 2.75) is 39.7 Å². The van der Waals surface area contributed by atoms with Gasteiger partial charge in [-0.3, -0.25) is 9.48 Å². The molecule has 0 radical (unpaired) electrons. The zero-order valence-electron chi connectivity index (χ0n) is 13.4. The smallest absolute Gasteiger partial charge is 0.217 e. The van der Waals surface area contributed by atoms with Crippen LogP contribution in [0.2, 0.25) is 0 Å². The number of nitrogens with two attached hydrogens (primary N) is 1. The first-order chi connectivity index (χ1) is 10.0. The molecule has 2 heterocycles. The molecule has 1 aliphatic heterocycles. The number of primary amides is 1. The van der Waals surface area contributed by atoms with Gasteiger partial charge in [0.05, 0.1) is 5.69 Å². The van der Waals surface area contributed by atoms with E-state index in [1.807, 2.05) is 11.7 Å². The Balaban J connectivity index is 2.07. The summed E-state index contributed by atoms with van der Waals surface area (Å²) >= 11 is 0. The van der Waals surface area contributed by atoms with Crippen LogP contribution in [0, 0.1) is 12.8 Å². The number of carbonyl (C=O) groups excluding carboxylic acids is 1. The highest BCUT2D eigenvalue weighted by molar-refractivity contribution is 5.74. The molecule has 21 heavy (non-hydrogen) atoms. The number of aryl methyl sites for hydroxylation is 2. The maximum atomic E-state index is 11.0. The summed E-state index contributed by atoms with van der Waals surface area (Å²) < 4.78 is 1.98. The summed E-state index contributed by atoms with van der Waals surface area (Å²) in [7, 11) is 2.01. The lowest BCUT2D eigenvalue weighted by Gasteiger charge is -2.33. The third-order valence-electron chi connectivity index (χ3n) is 4.27. The summed E-state index contributed by atoms with van der Waals surface area (Å²) in [6.07, 6.45) is 2.56. The van der Waals surface area contributed by atoms with Gasteiger partial charge in [-0.05, 0) is 32.2 Å². The normalized spacial score (nSPS) is 16.4. The zero-order valence-corrected chi connectivity index (χ0v) is 13.4. The summed E-state index contributed by atoms with van der Waals surface area (Å²) in [5, 5.41) is 7.96. The molecule has 1 aromatic rings. The van der Waals surface area contributed by atoms with Crippen molar-refractivity contribution < 1.29 is 4.79 Å². The molecule has 1 aromatic heterocycles. The predicted molar refractivity (Wildman–Crippen MR) is 84.1 cm³/mol. The largest absolute Gasteiger partial charge is 0.370 e. The molecule has 0 aliphatic carbocycles. The molecule has 0 aromatic carbocycles. The van der Waals surface area contributed by atoms with E-state index in [4.69, 9.17) is 5.73 Å². The van der Waals surface area contributed by atoms with Crippen molar-refractivity contribution in [1.82, 2.24) is 15.1 Å². The van der Waals surface area contributed by atoms with E-state index in [1.54, 1.807) is 0 Å². The summed E-state index contributed by atoms with van der Waals surface area (Å²) in [5.74, 6) is 1.47. The van der Waals surface area contributed by atoms with E-state index in [1.165, 1.54) is 11.4 Å². The lowest BCUT2D eigenvalue weighted by molar-refractivity contribution is -0.119. The quantitative estimate of drug-likeness (QED) is 0.818. The minimum atomic E-state index is -0.183. The number of hydrogen-bond donors (Lipinski definition) is 2. The molecule has 118 valence electrons. The standard InChI is InChI=1S/C15H27N5O/c1-4-17-10-13-11(2)18-19(3)15(13)20-7-5-12(6-8-20)9-14(16)21/h12,17H,4-10H2,1-3H3,(H2,16,21). The lowest BCUT2D eigenvalue weighted by Crippen LogP contribution is -2.37. The van der Waals surface area contributed by atoms with Gasteiger partial charge in [0.25, 0.3) is 0 Å². The maximum absolute atomic E-state index is 11.0. The third-order valence-corrected chi connectivity index (χ3v) is 4.27. The lowest BCUT2D eigenvalue weighted by atomic mass is 9.93. The molecule has 1 amide bonds. The fourth-order valence-corrected chi connectivity index (χ4v) is 3.18. The molecule has 1 fully saturated rings. The second-order valence-electron chi connectivity index (χ2n) is 5.89. The number of carbonyl (C=O) groups is 1. The minimum Gasteiger partial charge on any atom is -0.370 e. The van der Waals surface area contributed by atoms with Crippen molar-refractivity contribution in [3.63, 3.8) is 0 Å². The van der Waals surface area contributed by atoms with Gasteiger partial charge in [0.2, 0.25) is 5.91 Å². The first kappa shape index (κ1) is 15.8. The van der Waals surface area contributed by atoms with Gasteiger partial charge in [0.15, 0.2) is 0 Å². The third kappa shape index (κ3) is 3.75. The number of piperidine rings is 1. The Morgan fingerprint density at radius 3 is 2.67 bits per heavy atom. The molecule has 0 saturated carbocycles. The van der Waals surface area contributed by atoms with Crippen LogP contribution >= 0.6 is 0 Å². The molecule has 0 bridgehead atoms. The monoisotopic (exact) mass is 293 g/mol. The van der Waals surface area contributed by atoms with Crippen molar-refractivity contribution in [1.29, 1.82) is 0 Å². The Morgan fingerprint density at radius 2 is 2.10 bits per heavy atom. The van der Waals surface area contributed by atoms with Crippen molar-refractivity contribution in [2.24, 2.45) is 18.7 Å². The van der Waals surface area contributed by atoms with Gasteiger partial charge < -0.3 is 16.0 Å². The molecule has 1 aliphatic rings. The van der Waals surface area contributed by atoms with Gasteiger partial charge in [-0.2, -0.15) is 5.10 Å². The van der Waals surface area contributed by atoms with Crippen LogP contribution in [0.3, 0.4) is 0 Å². The number of aromatic nitrogens is 2. The molecule has 0 unspecified atom stereocenters. The average molecular weight is 293 g/mol. The van der Waals surface area contributed by atoms with Crippen molar-refractivity contribution in [3.8, 4) is 0 Å². The van der Waals surface area contributed by atoms with Crippen LogP contribution in [0.15, 0.2) is 0 Å². The maximum Gasteiger partial charge on any atom is 0.217 e. The van der Waals surface area contributed by atoms with E-state index in [0.717, 1.165) is 44.7 Å². The number of hydrogen-bond acceptors (Lipinski definition) is 4. The van der Waals surface area contributed by atoms with Crippen molar-refractivity contribution >= 4 is 11.7 Å². The average Bonchev–Trinajstić information content (AvgIpc) is 2.71. The van der Waals surface area contributed by atoms with Crippen LogP contribution < -0.4 is 16.0 Å². The second-order valence-corrected chi connectivity index (χ2v) is 5.89. The fraction of sp³-hybridized carbons (Fsp3) is 0.733. The number of rotatable bonds is 6. The van der Waals surface area contributed by atoms with Crippen LogP contribution in [0.4, 0.5) is 5.82 Å². The zero-order chi connectivity index (χ0) is 15.4. The van der Waals surface area contributed by atoms with E-state index in [2.05, 4.69) is 29.2 Å². The molecular weight excluding hydrogens is 266 g/mol. The van der Waals surface area contributed by atoms with Crippen LogP contribution in [-0.2, 0) is 18.4 Å². The highest BCUT2D eigenvalue weighted by Crippen LogP contribution is 2.29. The van der Waals surface area contributed by atoms with Gasteiger partial charge in [0.1, 0.15) is 5.82 Å². The van der Waals surface area contributed by atoms with E-state index in [0.29, 0.717) is 12.3 Å².